The lowest BCUT2D eigenvalue weighted by molar-refractivity contribution is 0.0245. The number of carbonyl (C=O) groups excluding carboxylic acids is 1. The third kappa shape index (κ3) is 4.26. The standard InChI is InChI=1S/C19H24N4O2/c1-13-5-7-17(22-21-13)14-6-8-16-15(11-14)12-23(10-9-20-16)18(24)25-19(2,3)4/h5-8,11,20H,9-10,12H2,1-4H3. The van der Waals surface area contributed by atoms with Gasteiger partial charge in [-0.05, 0) is 57.5 Å². The molecule has 0 radical (unpaired) electrons. The van der Waals surface area contributed by atoms with E-state index < -0.39 is 5.60 Å². The van der Waals surface area contributed by atoms with E-state index >= 15 is 0 Å². The fraction of sp³-hybridized carbons (Fsp3) is 0.421. The van der Waals surface area contributed by atoms with Gasteiger partial charge < -0.3 is 15.0 Å². The molecule has 0 saturated carbocycles. The minimum atomic E-state index is -0.501. The molecule has 1 aromatic heterocycles. The van der Waals surface area contributed by atoms with E-state index in [0.29, 0.717) is 19.6 Å². The smallest absolute Gasteiger partial charge is 0.410 e. The van der Waals surface area contributed by atoms with Gasteiger partial charge in [0.25, 0.3) is 0 Å². The van der Waals surface area contributed by atoms with Crippen molar-refractivity contribution in [1.29, 1.82) is 0 Å². The molecule has 0 fully saturated rings. The Labute approximate surface area is 148 Å². The SMILES string of the molecule is Cc1ccc(-c2ccc3c(c2)CN(C(=O)OC(C)(C)C)CCN3)nn1. The molecule has 6 nitrogen and oxygen atoms in total. The molecular weight excluding hydrogens is 316 g/mol. The van der Waals surface area contributed by atoms with Gasteiger partial charge in [0, 0.05) is 24.3 Å². The van der Waals surface area contributed by atoms with Gasteiger partial charge in [-0.3, -0.25) is 0 Å². The van der Waals surface area contributed by atoms with Gasteiger partial charge in [-0.25, -0.2) is 4.79 Å². The summed E-state index contributed by atoms with van der Waals surface area (Å²) < 4.78 is 5.51. The van der Waals surface area contributed by atoms with E-state index in [1.54, 1.807) is 4.90 Å². The molecule has 3 rings (SSSR count). The Morgan fingerprint density at radius 1 is 1.20 bits per heavy atom. The van der Waals surface area contributed by atoms with Gasteiger partial charge in [-0.1, -0.05) is 6.07 Å². The normalized spacial score (nSPS) is 14.3. The predicted octanol–water partition coefficient (Wildman–Crippen LogP) is 3.61. The Morgan fingerprint density at radius 2 is 2.00 bits per heavy atom. The quantitative estimate of drug-likeness (QED) is 0.859. The number of nitrogens with zero attached hydrogens (tertiary/aromatic N) is 3. The lowest BCUT2D eigenvalue weighted by Crippen LogP contribution is -2.37. The van der Waals surface area contributed by atoms with Crippen molar-refractivity contribution in [3.05, 3.63) is 41.6 Å². The molecule has 132 valence electrons. The van der Waals surface area contributed by atoms with Crippen molar-refractivity contribution >= 4 is 11.8 Å². The second-order valence-corrected chi connectivity index (χ2v) is 7.26. The zero-order chi connectivity index (χ0) is 18.0. The Kier molecular flexibility index (Phi) is 4.61. The van der Waals surface area contributed by atoms with Crippen LogP contribution < -0.4 is 5.32 Å². The zero-order valence-electron chi connectivity index (χ0n) is 15.2. The van der Waals surface area contributed by atoms with Crippen molar-refractivity contribution in [2.24, 2.45) is 0 Å². The van der Waals surface area contributed by atoms with Crippen LogP contribution in [0, 0.1) is 6.92 Å². The van der Waals surface area contributed by atoms with E-state index in [2.05, 4.69) is 21.6 Å². The van der Waals surface area contributed by atoms with E-state index in [4.69, 9.17) is 4.74 Å². The number of hydrogen-bond donors (Lipinski definition) is 1. The molecule has 0 atom stereocenters. The van der Waals surface area contributed by atoms with Crippen molar-refractivity contribution < 1.29 is 9.53 Å². The summed E-state index contributed by atoms with van der Waals surface area (Å²) in [6.45, 7) is 9.34. The molecule has 25 heavy (non-hydrogen) atoms. The van der Waals surface area contributed by atoms with Crippen LogP contribution in [0.15, 0.2) is 30.3 Å². The third-order valence-corrected chi connectivity index (χ3v) is 3.91. The number of amides is 1. The first-order chi connectivity index (χ1) is 11.8. The summed E-state index contributed by atoms with van der Waals surface area (Å²) in [7, 11) is 0. The maximum atomic E-state index is 12.4. The average molecular weight is 340 g/mol. The van der Waals surface area contributed by atoms with E-state index in [9.17, 15) is 4.79 Å². The van der Waals surface area contributed by atoms with Gasteiger partial charge in [0.15, 0.2) is 0 Å². The number of hydrogen-bond acceptors (Lipinski definition) is 5. The second kappa shape index (κ2) is 6.70. The average Bonchev–Trinajstić information content (AvgIpc) is 2.75. The largest absolute Gasteiger partial charge is 0.444 e. The van der Waals surface area contributed by atoms with Gasteiger partial charge in [-0.2, -0.15) is 10.2 Å². The molecule has 6 heteroatoms. The first-order valence-electron chi connectivity index (χ1n) is 8.47. The number of fused-ring (bicyclic) bond motifs is 1. The van der Waals surface area contributed by atoms with Gasteiger partial charge in [0.05, 0.1) is 17.9 Å². The minimum absolute atomic E-state index is 0.289. The third-order valence-electron chi connectivity index (χ3n) is 3.91. The van der Waals surface area contributed by atoms with Crippen LogP contribution in [0.1, 0.15) is 32.0 Å². The predicted molar refractivity (Wildman–Crippen MR) is 97.3 cm³/mol. The summed E-state index contributed by atoms with van der Waals surface area (Å²) in [5, 5.41) is 11.7. The van der Waals surface area contributed by atoms with Crippen LogP contribution >= 0.6 is 0 Å². The molecule has 0 spiro atoms. The van der Waals surface area contributed by atoms with Crippen LogP contribution in [0.5, 0.6) is 0 Å². The summed E-state index contributed by atoms with van der Waals surface area (Å²) in [5.41, 5.74) is 4.27. The minimum Gasteiger partial charge on any atom is -0.444 e. The van der Waals surface area contributed by atoms with Crippen LogP contribution in [0.2, 0.25) is 0 Å². The van der Waals surface area contributed by atoms with E-state index in [1.165, 1.54) is 0 Å². The number of carbonyl (C=O) groups is 1. The topological polar surface area (TPSA) is 67.3 Å². The molecule has 1 N–H and O–H groups in total. The van der Waals surface area contributed by atoms with Crippen LogP contribution in [-0.2, 0) is 11.3 Å². The van der Waals surface area contributed by atoms with E-state index in [1.807, 2.05) is 52.0 Å². The summed E-state index contributed by atoms with van der Waals surface area (Å²) >= 11 is 0. The molecule has 1 aliphatic rings. The van der Waals surface area contributed by atoms with Gasteiger partial charge in [-0.15, -0.1) is 0 Å². The molecule has 1 amide bonds. The summed E-state index contributed by atoms with van der Waals surface area (Å²) in [5.74, 6) is 0. The Bertz CT molecular complexity index is 766. The number of rotatable bonds is 1. The second-order valence-electron chi connectivity index (χ2n) is 7.26. The molecule has 0 aliphatic carbocycles. The number of anilines is 1. The van der Waals surface area contributed by atoms with Crippen LogP contribution in [0.3, 0.4) is 0 Å². The van der Waals surface area contributed by atoms with Gasteiger partial charge in [0.1, 0.15) is 5.60 Å². The van der Waals surface area contributed by atoms with Crippen LogP contribution in [-0.4, -0.2) is 39.9 Å². The Balaban J connectivity index is 1.85. The molecule has 0 unspecified atom stereocenters. The van der Waals surface area contributed by atoms with Crippen molar-refractivity contribution in [3.63, 3.8) is 0 Å². The fourth-order valence-corrected chi connectivity index (χ4v) is 2.70. The Morgan fingerprint density at radius 3 is 2.68 bits per heavy atom. The molecule has 2 heterocycles. The van der Waals surface area contributed by atoms with Gasteiger partial charge >= 0.3 is 6.09 Å². The molecule has 0 bridgehead atoms. The summed E-state index contributed by atoms with van der Waals surface area (Å²) in [6, 6.07) is 10.0. The Hall–Kier alpha value is -2.63. The highest BCUT2D eigenvalue weighted by Crippen LogP contribution is 2.27. The highest BCUT2D eigenvalue weighted by atomic mass is 16.6. The molecular formula is C19H24N4O2. The first-order valence-corrected chi connectivity index (χ1v) is 8.47. The fourth-order valence-electron chi connectivity index (χ4n) is 2.70. The lowest BCUT2D eigenvalue weighted by atomic mass is 10.1. The van der Waals surface area contributed by atoms with Gasteiger partial charge in [0.2, 0.25) is 0 Å². The number of aryl methyl sites for hydroxylation is 1. The number of benzene rings is 1. The molecule has 0 saturated heterocycles. The number of aromatic nitrogens is 2. The molecule has 2 aromatic rings. The van der Waals surface area contributed by atoms with Crippen molar-refractivity contribution in [2.45, 2.75) is 39.8 Å². The highest BCUT2D eigenvalue weighted by molar-refractivity contribution is 5.71. The maximum Gasteiger partial charge on any atom is 0.410 e. The number of nitrogens with one attached hydrogen (secondary N) is 1. The van der Waals surface area contributed by atoms with E-state index in [0.717, 1.165) is 28.2 Å². The van der Waals surface area contributed by atoms with Crippen LogP contribution in [0.4, 0.5) is 10.5 Å². The molecule has 1 aliphatic heterocycles. The summed E-state index contributed by atoms with van der Waals surface area (Å²) in [6.07, 6.45) is -0.289. The monoisotopic (exact) mass is 340 g/mol. The number of ether oxygens (including phenoxy) is 1. The van der Waals surface area contributed by atoms with Crippen LogP contribution in [0.25, 0.3) is 11.3 Å². The van der Waals surface area contributed by atoms with Crippen molar-refractivity contribution in [1.82, 2.24) is 15.1 Å². The maximum absolute atomic E-state index is 12.4. The summed E-state index contributed by atoms with van der Waals surface area (Å²) in [4.78, 5) is 14.2. The lowest BCUT2D eigenvalue weighted by Gasteiger charge is -2.26. The highest BCUT2D eigenvalue weighted by Gasteiger charge is 2.24. The van der Waals surface area contributed by atoms with E-state index in [-0.39, 0.29) is 6.09 Å². The van der Waals surface area contributed by atoms with Crippen molar-refractivity contribution in [2.75, 3.05) is 18.4 Å². The molecule has 1 aromatic carbocycles. The first kappa shape index (κ1) is 17.2. The zero-order valence-corrected chi connectivity index (χ0v) is 15.2. The van der Waals surface area contributed by atoms with Crippen molar-refractivity contribution in [3.8, 4) is 11.3 Å².